The Kier molecular flexibility index (Phi) is 2.44. The van der Waals surface area contributed by atoms with Crippen molar-refractivity contribution in [1.29, 1.82) is 5.26 Å². The summed E-state index contributed by atoms with van der Waals surface area (Å²) in [5.74, 6) is 0. The molecule has 0 spiro atoms. The van der Waals surface area contributed by atoms with Crippen LogP contribution in [0.1, 0.15) is 5.69 Å². The number of nitrogens with zero attached hydrogens (tertiary/aromatic N) is 1. The number of aromatic nitrogens is 1. The van der Waals surface area contributed by atoms with E-state index < -0.39 is 0 Å². The lowest BCUT2D eigenvalue weighted by Crippen LogP contribution is -2.04. The molecule has 0 saturated heterocycles. The second kappa shape index (κ2) is 3.35. The highest BCUT2D eigenvalue weighted by Gasteiger charge is 2.00. The molecule has 0 saturated carbocycles. The third kappa shape index (κ3) is 1.69. The maximum Gasteiger partial charge on any atom is 0.196 e. The Morgan fingerprint density at radius 2 is 2.45 bits per heavy atom. The predicted octanol–water partition coefficient (Wildman–Crippen LogP) is 1.20. The van der Waals surface area contributed by atoms with E-state index in [4.69, 9.17) is 5.26 Å². The molecule has 1 aromatic rings. The Hall–Kier alpha value is -1.08. The highest BCUT2D eigenvalue weighted by molar-refractivity contribution is 9.10. The van der Waals surface area contributed by atoms with Crippen LogP contribution in [0.5, 0.6) is 0 Å². The molecule has 3 nitrogen and oxygen atoms in total. The minimum Gasteiger partial charge on any atom is -0.363 e. The molecule has 0 aliphatic rings. The van der Waals surface area contributed by atoms with Crippen molar-refractivity contribution in [3.8, 4) is 6.07 Å². The quantitative estimate of drug-likeness (QED) is 0.761. The second-order valence-corrected chi connectivity index (χ2v) is 2.76. The third-order valence-corrected chi connectivity index (χ3v) is 2.10. The van der Waals surface area contributed by atoms with E-state index in [1.807, 2.05) is 6.07 Å². The van der Waals surface area contributed by atoms with Crippen LogP contribution in [0.2, 0.25) is 0 Å². The number of aromatic amines is 1. The first-order valence-corrected chi connectivity index (χ1v) is 3.78. The first-order valence-electron chi connectivity index (χ1n) is 2.98. The van der Waals surface area contributed by atoms with Crippen LogP contribution in [0.15, 0.2) is 21.5 Å². The van der Waals surface area contributed by atoms with Crippen molar-refractivity contribution >= 4 is 15.9 Å². The van der Waals surface area contributed by atoms with Crippen LogP contribution in [-0.2, 0) is 6.42 Å². The van der Waals surface area contributed by atoms with Gasteiger partial charge in [-0.15, -0.1) is 0 Å². The van der Waals surface area contributed by atoms with Gasteiger partial charge in [-0.1, -0.05) is 0 Å². The minimum absolute atomic E-state index is 0.103. The SMILES string of the molecule is N#CCc1[nH]ccc(=O)c1Br. The number of rotatable bonds is 1. The van der Waals surface area contributed by atoms with E-state index in [-0.39, 0.29) is 11.8 Å². The number of hydrogen-bond donors (Lipinski definition) is 1. The lowest BCUT2D eigenvalue weighted by Gasteiger charge is -1.95. The van der Waals surface area contributed by atoms with Crippen LogP contribution < -0.4 is 5.43 Å². The molecule has 0 aliphatic heterocycles. The van der Waals surface area contributed by atoms with Gasteiger partial charge in [0, 0.05) is 18.0 Å². The maximum absolute atomic E-state index is 10.9. The second-order valence-electron chi connectivity index (χ2n) is 1.97. The summed E-state index contributed by atoms with van der Waals surface area (Å²) in [4.78, 5) is 13.7. The Bertz CT molecular complexity index is 350. The summed E-state index contributed by atoms with van der Waals surface area (Å²) >= 11 is 3.09. The van der Waals surface area contributed by atoms with Crippen LogP contribution in [0.4, 0.5) is 0 Å². The van der Waals surface area contributed by atoms with Crippen LogP contribution in [0, 0.1) is 11.3 Å². The average Bonchev–Trinajstić information content (AvgIpc) is 1.99. The highest BCUT2D eigenvalue weighted by Crippen LogP contribution is 2.07. The lowest BCUT2D eigenvalue weighted by molar-refractivity contribution is 1.09. The summed E-state index contributed by atoms with van der Waals surface area (Å²) in [5.41, 5.74) is 0.522. The van der Waals surface area contributed by atoms with Crippen molar-refractivity contribution < 1.29 is 0 Å². The number of nitriles is 1. The van der Waals surface area contributed by atoms with Crippen molar-refractivity contribution in [2.24, 2.45) is 0 Å². The van der Waals surface area contributed by atoms with Gasteiger partial charge in [-0.25, -0.2) is 0 Å². The van der Waals surface area contributed by atoms with Crippen LogP contribution in [-0.4, -0.2) is 4.98 Å². The maximum atomic E-state index is 10.9. The van der Waals surface area contributed by atoms with Crippen molar-refractivity contribution in [2.45, 2.75) is 6.42 Å². The van der Waals surface area contributed by atoms with Crippen LogP contribution in [0.3, 0.4) is 0 Å². The van der Waals surface area contributed by atoms with E-state index in [1.165, 1.54) is 12.3 Å². The van der Waals surface area contributed by atoms with Crippen molar-refractivity contribution in [1.82, 2.24) is 4.98 Å². The highest BCUT2D eigenvalue weighted by atomic mass is 79.9. The van der Waals surface area contributed by atoms with Gasteiger partial charge < -0.3 is 4.98 Å². The molecule has 4 heteroatoms. The van der Waals surface area contributed by atoms with Gasteiger partial charge in [0.1, 0.15) is 0 Å². The molecular weight excluding hydrogens is 208 g/mol. The number of nitrogens with one attached hydrogen (secondary N) is 1. The van der Waals surface area contributed by atoms with Gasteiger partial charge in [-0.05, 0) is 15.9 Å². The van der Waals surface area contributed by atoms with Crippen molar-refractivity contribution in [3.05, 3.63) is 32.7 Å². The summed E-state index contributed by atoms with van der Waals surface area (Å²) in [5, 5.41) is 8.34. The van der Waals surface area contributed by atoms with Crippen LogP contribution in [0.25, 0.3) is 0 Å². The monoisotopic (exact) mass is 212 g/mol. The van der Waals surface area contributed by atoms with Gasteiger partial charge in [0.2, 0.25) is 0 Å². The van der Waals surface area contributed by atoms with E-state index in [1.54, 1.807) is 0 Å². The zero-order valence-corrected chi connectivity index (χ0v) is 7.18. The van der Waals surface area contributed by atoms with Gasteiger partial charge in [-0.2, -0.15) is 5.26 Å². The lowest BCUT2D eigenvalue weighted by atomic mass is 10.3. The fourth-order valence-electron chi connectivity index (χ4n) is 0.711. The number of pyridine rings is 1. The molecule has 1 rings (SSSR count). The van der Waals surface area contributed by atoms with Crippen molar-refractivity contribution in [3.63, 3.8) is 0 Å². The molecule has 1 N–H and O–H groups in total. The molecule has 1 aromatic heterocycles. The molecular formula is C7H5BrN2O. The molecule has 0 atom stereocenters. The molecule has 0 radical (unpaired) electrons. The van der Waals surface area contributed by atoms with E-state index in [9.17, 15) is 4.79 Å². The average molecular weight is 213 g/mol. The Morgan fingerprint density at radius 1 is 1.73 bits per heavy atom. The molecule has 0 aromatic carbocycles. The summed E-state index contributed by atoms with van der Waals surface area (Å²) in [6.07, 6.45) is 1.75. The number of hydrogen-bond acceptors (Lipinski definition) is 2. The van der Waals surface area contributed by atoms with Crippen molar-refractivity contribution in [2.75, 3.05) is 0 Å². The molecule has 0 amide bonds. The summed E-state index contributed by atoms with van der Waals surface area (Å²) in [6.45, 7) is 0. The molecule has 0 bridgehead atoms. The minimum atomic E-state index is -0.103. The first kappa shape index (κ1) is 8.02. The molecule has 11 heavy (non-hydrogen) atoms. The van der Waals surface area contributed by atoms with E-state index in [0.29, 0.717) is 10.2 Å². The summed E-state index contributed by atoms with van der Waals surface area (Å²) in [6, 6.07) is 3.36. The molecule has 0 aliphatic carbocycles. The molecule has 0 unspecified atom stereocenters. The summed E-state index contributed by atoms with van der Waals surface area (Å²) in [7, 11) is 0. The predicted molar refractivity (Wildman–Crippen MR) is 44.1 cm³/mol. The summed E-state index contributed by atoms with van der Waals surface area (Å²) < 4.78 is 0.446. The molecule has 1 heterocycles. The van der Waals surface area contributed by atoms with Gasteiger partial charge in [0.05, 0.1) is 17.0 Å². The first-order chi connectivity index (χ1) is 5.25. The van der Waals surface area contributed by atoms with Gasteiger partial charge in [0.15, 0.2) is 5.43 Å². The smallest absolute Gasteiger partial charge is 0.196 e. The number of halogens is 1. The largest absolute Gasteiger partial charge is 0.363 e. The standard InChI is InChI=1S/C7H5BrN2O/c8-7-5(1-3-9)10-4-2-6(7)11/h2,4H,1H2,(H,10,11). The zero-order valence-electron chi connectivity index (χ0n) is 5.60. The van der Waals surface area contributed by atoms with Gasteiger partial charge >= 0.3 is 0 Å². The van der Waals surface area contributed by atoms with Gasteiger partial charge in [-0.3, -0.25) is 4.79 Å². The fourth-order valence-corrected chi connectivity index (χ4v) is 1.10. The fraction of sp³-hybridized carbons (Fsp3) is 0.143. The molecule has 0 fully saturated rings. The molecule has 56 valence electrons. The van der Waals surface area contributed by atoms with Gasteiger partial charge in [0.25, 0.3) is 0 Å². The van der Waals surface area contributed by atoms with Crippen LogP contribution >= 0.6 is 15.9 Å². The Labute approximate surface area is 71.8 Å². The number of H-pyrrole nitrogens is 1. The Morgan fingerprint density at radius 3 is 3.09 bits per heavy atom. The third-order valence-electron chi connectivity index (χ3n) is 1.23. The van der Waals surface area contributed by atoms with E-state index in [2.05, 4.69) is 20.9 Å². The van der Waals surface area contributed by atoms with E-state index in [0.717, 1.165) is 0 Å². The zero-order chi connectivity index (χ0) is 8.27. The Balaban J connectivity index is 3.19. The van der Waals surface area contributed by atoms with E-state index >= 15 is 0 Å². The topological polar surface area (TPSA) is 56.6 Å². The normalized spacial score (nSPS) is 9.09.